The van der Waals surface area contributed by atoms with Gasteiger partial charge in [0.15, 0.2) is 0 Å². The van der Waals surface area contributed by atoms with Gasteiger partial charge < -0.3 is 4.74 Å². The van der Waals surface area contributed by atoms with Gasteiger partial charge in [-0.2, -0.15) is 0 Å². The molecule has 110 valence electrons. The van der Waals surface area contributed by atoms with E-state index in [-0.39, 0.29) is 12.0 Å². The van der Waals surface area contributed by atoms with Crippen molar-refractivity contribution in [1.82, 2.24) is 0 Å². The molecule has 0 bridgehead atoms. The van der Waals surface area contributed by atoms with Crippen molar-refractivity contribution in [3.8, 4) is 0 Å². The van der Waals surface area contributed by atoms with Gasteiger partial charge in [0.25, 0.3) is 0 Å². The molecule has 1 aromatic carbocycles. The molecular weight excluding hydrogens is 278 g/mol. The Morgan fingerprint density at radius 3 is 2.75 bits per heavy atom. The average molecular weight is 297 g/mol. The summed E-state index contributed by atoms with van der Waals surface area (Å²) in [5.74, 6) is -0.361. The number of ether oxygens (including phenoxy) is 1. The summed E-state index contributed by atoms with van der Waals surface area (Å²) in [7, 11) is -3.30. The summed E-state index contributed by atoms with van der Waals surface area (Å²) in [4.78, 5) is 11.8. The highest BCUT2D eigenvalue weighted by molar-refractivity contribution is 7.92. The second-order valence-corrected chi connectivity index (χ2v) is 6.95. The smallest absolute Gasteiger partial charge is 0.338 e. The number of rotatable bonds is 4. The van der Waals surface area contributed by atoms with E-state index in [9.17, 15) is 13.2 Å². The maximum absolute atomic E-state index is 11.8. The van der Waals surface area contributed by atoms with Crippen LogP contribution in [0.5, 0.6) is 0 Å². The molecule has 0 fully saturated rings. The van der Waals surface area contributed by atoms with Crippen LogP contribution >= 0.6 is 0 Å². The third-order valence-electron chi connectivity index (χ3n) is 3.26. The predicted molar refractivity (Wildman–Crippen MR) is 77.5 cm³/mol. The first-order chi connectivity index (χ1) is 9.34. The standard InChI is InChI=1S/C14H19NO4S/c1-4-7-19-14(16)11-5-6-13-12(9-11)8-10(2)15(13)20(3,17)18/h5-6,9-10H,4,7-8H2,1-3H3/t10-/m0/s1. The second-order valence-electron chi connectivity index (χ2n) is 5.09. The molecule has 0 spiro atoms. The SMILES string of the molecule is CCCOC(=O)c1ccc2c(c1)C[C@H](C)N2S(C)(=O)=O. The Morgan fingerprint density at radius 1 is 1.45 bits per heavy atom. The van der Waals surface area contributed by atoms with Crippen LogP contribution in [0.3, 0.4) is 0 Å². The summed E-state index contributed by atoms with van der Waals surface area (Å²) in [6.07, 6.45) is 2.58. The van der Waals surface area contributed by atoms with Crippen LogP contribution in [0.15, 0.2) is 18.2 Å². The number of benzene rings is 1. The quantitative estimate of drug-likeness (QED) is 0.797. The van der Waals surface area contributed by atoms with Crippen LogP contribution < -0.4 is 4.31 Å². The minimum absolute atomic E-state index is 0.123. The van der Waals surface area contributed by atoms with Gasteiger partial charge in [-0.15, -0.1) is 0 Å². The number of fused-ring (bicyclic) bond motifs is 1. The Balaban J connectivity index is 2.31. The molecule has 0 unspecified atom stereocenters. The molecule has 1 heterocycles. The van der Waals surface area contributed by atoms with Crippen molar-refractivity contribution >= 4 is 21.7 Å². The van der Waals surface area contributed by atoms with E-state index in [1.165, 1.54) is 10.6 Å². The highest BCUT2D eigenvalue weighted by Gasteiger charge is 2.32. The maximum atomic E-state index is 11.8. The minimum Gasteiger partial charge on any atom is -0.462 e. The number of esters is 1. The summed E-state index contributed by atoms with van der Waals surface area (Å²) in [5, 5.41) is 0. The summed E-state index contributed by atoms with van der Waals surface area (Å²) in [6.45, 7) is 4.18. The van der Waals surface area contributed by atoms with E-state index >= 15 is 0 Å². The van der Waals surface area contributed by atoms with E-state index in [4.69, 9.17) is 4.74 Å². The van der Waals surface area contributed by atoms with Crippen molar-refractivity contribution < 1.29 is 17.9 Å². The van der Waals surface area contributed by atoms with Crippen molar-refractivity contribution in [3.63, 3.8) is 0 Å². The van der Waals surface area contributed by atoms with Crippen molar-refractivity contribution in [2.75, 3.05) is 17.2 Å². The molecule has 0 saturated carbocycles. The van der Waals surface area contributed by atoms with Crippen LogP contribution in [0, 0.1) is 0 Å². The summed E-state index contributed by atoms with van der Waals surface area (Å²) in [5.41, 5.74) is 2.00. The van der Waals surface area contributed by atoms with E-state index in [0.717, 1.165) is 12.0 Å². The first-order valence-corrected chi connectivity index (χ1v) is 8.49. The first kappa shape index (κ1) is 14.8. The molecule has 1 aliphatic rings. The number of hydrogen-bond donors (Lipinski definition) is 0. The number of carbonyl (C=O) groups is 1. The van der Waals surface area contributed by atoms with Gasteiger partial charge in [0.2, 0.25) is 10.0 Å². The van der Waals surface area contributed by atoms with Gasteiger partial charge >= 0.3 is 5.97 Å². The van der Waals surface area contributed by atoms with Crippen LogP contribution in [0.2, 0.25) is 0 Å². The monoisotopic (exact) mass is 297 g/mol. The Kier molecular flexibility index (Phi) is 4.04. The van der Waals surface area contributed by atoms with Crippen LogP contribution in [0.25, 0.3) is 0 Å². The molecule has 0 radical (unpaired) electrons. The van der Waals surface area contributed by atoms with Crippen LogP contribution in [0.4, 0.5) is 5.69 Å². The fourth-order valence-electron chi connectivity index (χ4n) is 2.51. The number of hydrogen-bond acceptors (Lipinski definition) is 4. The largest absolute Gasteiger partial charge is 0.462 e. The van der Waals surface area contributed by atoms with Gasteiger partial charge in [0, 0.05) is 6.04 Å². The molecule has 20 heavy (non-hydrogen) atoms. The van der Waals surface area contributed by atoms with E-state index in [0.29, 0.717) is 24.3 Å². The number of carbonyl (C=O) groups excluding carboxylic acids is 1. The number of nitrogens with zero attached hydrogens (tertiary/aromatic N) is 1. The van der Waals surface area contributed by atoms with Crippen molar-refractivity contribution in [1.29, 1.82) is 0 Å². The molecule has 1 aromatic rings. The fourth-order valence-corrected chi connectivity index (χ4v) is 3.78. The maximum Gasteiger partial charge on any atom is 0.338 e. The Hall–Kier alpha value is -1.56. The lowest BCUT2D eigenvalue weighted by Crippen LogP contribution is -2.34. The number of anilines is 1. The molecule has 2 rings (SSSR count). The van der Waals surface area contributed by atoms with Crippen LogP contribution in [-0.2, 0) is 21.2 Å². The molecule has 1 aliphatic heterocycles. The molecule has 0 amide bonds. The van der Waals surface area contributed by atoms with E-state index < -0.39 is 10.0 Å². The zero-order chi connectivity index (χ0) is 14.9. The molecule has 0 N–H and O–H groups in total. The third-order valence-corrected chi connectivity index (χ3v) is 4.53. The zero-order valence-corrected chi connectivity index (χ0v) is 12.7. The lowest BCUT2D eigenvalue weighted by molar-refractivity contribution is 0.0505. The van der Waals surface area contributed by atoms with E-state index in [1.54, 1.807) is 18.2 Å². The lowest BCUT2D eigenvalue weighted by atomic mass is 10.1. The van der Waals surface area contributed by atoms with Gasteiger partial charge in [-0.25, -0.2) is 13.2 Å². The molecule has 0 aliphatic carbocycles. The molecule has 5 nitrogen and oxygen atoms in total. The highest BCUT2D eigenvalue weighted by Crippen LogP contribution is 2.34. The van der Waals surface area contributed by atoms with Gasteiger partial charge in [0.1, 0.15) is 0 Å². The van der Waals surface area contributed by atoms with Crippen molar-refractivity contribution in [2.24, 2.45) is 0 Å². The summed E-state index contributed by atoms with van der Waals surface area (Å²) < 4.78 is 30.1. The minimum atomic E-state index is -3.30. The Labute approximate surface area is 119 Å². The lowest BCUT2D eigenvalue weighted by Gasteiger charge is -2.21. The summed E-state index contributed by atoms with van der Waals surface area (Å²) in [6, 6.07) is 4.91. The van der Waals surface area contributed by atoms with Gasteiger partial charge in [-0.05, 0) is 43.5 Å². The number of sulfonamides is 1. The molecule has 6 heteroatoms. The van der Waals surface area contributed by atoms with Crippen molar-refractivity contribution in [2.45, 2.75) is 32.7 Å². The topological polar surface area (TPSA) is 63.7 Å². The van der Waals surface area contributed by atoms with E-state index in [2.05, 4.69) is 0 Å². The highest BCUT2D eigenvalue weighted by atomic mass is 32.2. The third kappa shape index (κ3) is 2.80. The predicted octanol–water partition coefficient (Wildman–Crippen LogP) is 1.96. The summed E-state index contributed by atoms with van der Waals surface area (Å²) >= 11 is 0. The fraction of sp³-hybridized carbons (Fsp3) is 0.500. The molecule has 0 saturated heterocycles. The van der Waals surface area contributed by atoms with Crippen LogP contribution in [-0.4, -0.2) is 33.3 Å². The normalized spacial score (nSPS) is 17.9. The average Bonchev–Trinajstić information content (AvgIpc) is 2.70. The second kappa shape index (κ2) is 5.44. The van der Waals surface area contributed by atoms with E-state index in [1.807, 2.05) is 13.8 Å². The van der Waals surface area contributed by atoms with Crippen molar-refractivity contribution in [3.05, 3.63) is 29.3 Å². The van der Waals surface area contributed by atoms with Crippen LogP contribution in [0.1, 0.15) is 36.2 Å². The zero-order valence-electron chi connectivity index (χ0n) is 11.9. The van der Waals surface area contributed by atoms with Gasteiger partial charge in [0.05, 0.1) is 24.1 Å². The molecular formula is C14H19NO4S. The van der Waals surface area contributed by atoms with Gasteiger partial charge in [-0.3, -0.25) is 4.31 Å². The Bertz CT molecular complexity index is 624. The first-order valence-electron chi connectivity index (χ1n) is 6.64. The molecule has 0 aromatic heterocycles. The molecule has 1 atom stereocenters. The van der Waals surface area contributed by atoms with Gasteiger partial charge in [-0.1, -0.05) is 6.92 Å². The Morgan fingerprint density at radius 2 is 2.15 bits per heavy atom.